The zero-order chi connectivity index (χ0) is 16.4. The molecular formula is C23H18S. The summed E-state index contributed by atoms with van der Waals surface area (Å²) in [6.07, 6.45) is 0. The first-order valence-corrected chi connectivity index (χ1v) is 8.96. The Kier molecular flexibility index (Phi) is 4.02. The van der Waals surface area contributed by atoms with Crippen molar-refractivity contribution in [2.45, 2.75) is 6.92 Å². The average Bonchev–Trinajstić information content (AvgIpc) is 3.01. The molecule has 0 aliphatic heterocycles. The molecular weight excluding hydrogens is 308 g/mol. The summed E-state index contributed by atoms with van der Waals surface area (Å²) in [7, 11) is 0. The van der Waals surface area contributed by atoms with Crippen molar-refractivity contribution < 1.29 is 0 Å². The minimum absolute atomic E-state index is 1.28. The number of thiophene rings is 1. The van der Waals surface area contributed by atoms with Gasteiger partial charge in [-0.3, -0.25) is 0 Å². The van der Waals surface area contributed by atoms with Crippen molar-refractivity contribution in [2.75, 3.05) is 0 Å². The van der Waals surface area contributed by atoms with Crippen molar-refractivity contribution in [1.82, 2.24) is 0 Å². The normalized spacial score (nSPS) is 10.7. The first-order chi connectivity index (χ1) is 11.8. The quantitative estimate of drug-likeness (QED) is 0.378. The average molecular weight is 326 g/mol. The summed E-state index contributed by atoms with van der Waals surface area (Å²) in [5.41, 5.74) is 6.54. The van der Waals surface area contributed by atoms with Gasteiger partial charge in [0.2, 0.25) is 0 Å². The summed E-state index contributed by atoms with van der Waals surface area (Å²) < 4.78 is 0. The van der Waals surface area contributed by atoms with Gasteiger partial charge >= 0.3 is 0 Å². The van der Waals surface area contributed by atoms with Gasteiger partial charge in [0.25, 0.3) is 0 Å². The highest BCUT2D eigenvalue weighted by molar-refractivity contribution is 7.16. The molecule has 4 aromatic rings. The predicted molar refractivity (Wildman–Crippen MR) is 105 cm³/mol. The number of hydrogen-bond donors (Lipinski definition) is 0. The van der Waals surface area contributed by atoms with Gasteiger partial charge in [-0.1, -0.05) is 91.0 Å². The van der Waals surface area contributed by atoms with Crippen molar-refractivity contribution >= 4 is 11.3 Å². The van der Waals surface area contributed by atoms with Gasteiger partial charge in [-0.05, 0) is 23.6 Å². The van der Waals surface area contributed by atoms with Crippen LogP contribution in [0.4, 0.5) is 0 Å². The molecule has 3 aromatic carbocycles. The van der Waals surface area contributed by atoms with Crippen LogP contribution in [0.1, 0.15) is 4.88 Å². The van der Waals surface area contributed by atoms with Crippen LogP contribution in [0.3, 0.4) is 0 Å². The van der Waals surface area contributed by atoms with Crippen LogP contribution in [0.15, 0.2) is 91.0 Å². The molecule has 116 valence electrons. The van der Waals surface area contributed by atoms with Gasteiger partial charge in [0.1, 0.15) is 0 Å². The Hall–Kier alpha value is -2.64. The molecule has 0 saturated carbocycles. The molecule has 4 rings (SSSR count). The molecule has 0 radical (unpaired) electrons. The van der Waals surface area contributed by atoms with E-state index in [1.165, 1.54) is 37.6 Å². The predicted octanol–water partition coefficient (Wildman–Crippen LogP) is 7.06. The van der Waals surface area contributed by atoms with Gasteiger partial charge in [-0.25, -0.2) is 0 Å². The summed E-state index contributed by atoms with van der Waals surface area (Å²) in [6.45, 7) is 2.23. The second-order valence-electron chi connectivity index (χ2n) is 5.84. The summed E-state index contributed by atoms with van der Waals surface area (Å²) in [5.74, 6) is 0. The highest BCUT2D eigenvalue weighted by atomic mass is 32.1. The van der Waals surface area contributed by atoms with Crippen molar-refractivity contribution in [3.05, 3.63) is 95.9 Å². The first-order valence-electron chi connectivity index (χ1n) is 8.14. The summed E-state index contributed by atoms with van der Waals surface area (Å²) in [5, 5.41) is 0. The summed E-state index contributed by atoms with van der Waals surface area (Å²) in [6, 6.07) is 32.1. The minimum Gasteiger partial charge on any atom is -0.139 e. The van der Waals surface area contributed by atoms with Crippen LogP contribution in [-0.4, -0.2) is 0 Å². The third-order valence-corrected chi connectivity index (χ3v) is 5.40. The maximum Gasteiger partial charge on any atom is 0.0430 e. The zero-order valence-electron chi connectivity index (χ0n) is 13.6. The monoisotopic (exact) mass is 326 g/mol. The van der Waals surface area contributed by atoms with Crippen molar-refractivity contribution in [2.24, 2.45) is 0 Å². The number of rotatable bonds is 3. The van der Waals surface area contributed by atoms with Gasteiger partial charge < -0.3 is 0 Å². The minimum atomic E-state index is 1.28. The second-order valence-corrected chi connectivity index (χ2v) is 7.06. The van der Waals surface area contributed by atoms with E-state index in [4.69, 9.17) is 0 Å². The molecule has 24 heavy (non-hydrogen) atoms. The third-order valence-electron chi connectivity index (χ3n) is 4.25. The van der Waals surface area contributed by atoms with Crippen LogP contribution in [0, 0.1) is 6.92 Å². The van der Waals surface area contributed by atoms with Gasteiger partial charge in [0.15, 0.2) is 0 Å². The van der Waals surface area contributed by atoms with Gasteiger partial charge in [0, 0.05) is 20.9 Å². The van der Waals surface area contributed by atoms with Crippen LogP contribution in [0.25, 0.3) is 32.7 Å². The molecule has 0 saturated heterocycles. The molecule has 0 unspecified atom stereocenters. The van der Waals surface area contributed by atoms with Crippen molar-refractivity contribution in [1.29, 1.82) is 0 Å². The fourth-order valence-electron chi connectivity index (χ4n) is 3.17. The molecule has 0 atom stereocenters. The molecule has 0 nitrogen and oxygen atoms in total. The van der Waals surface area contributed by atoms with Gasteiger partial charge in [-0.2, -0.15) is 0 Å². The van der Waals surface area contributed by atoms with E-state index in [-0.39, 0.29) is 0 Å². The van der Waals surface area contributed by atoms with Crippen LogP contribution in [0.2, 0.25) is 0 Å². The Morgan fingerprint density at radius 1 is 0.500 bits per heavy atom. The maximum absolute atomic E-state index is 2.23. The third kappa shape index (κ3) is 2.68. The van der Waals surface area contributed by atoms with E-state index in [1.54, 1.807) is 0 Å². The fourth-order valence-corrected chi connectivity index (χ4v) is 4.37. The van der Waals surface area contributed by atoms with E-state index >= 15 is 0 Å². The zero-order valence-corrected chi connectivity index (χ0v) is 14.4. The lowest BCUT2D eigenvalue weighted by Crippen LogP contribution is -1.84. The molecule has 1 heteroatoms. The van der Waals surface area contributed by atoms with Crippen LogP contribution in [0.5, 0.6) is 0 Å². The molecule has 0 aliphatic rings. The highest BCUT2D eigenvalue weighted by Gasteiger charge is 2.19. The number of hydrogen-bond acceptors (Lipinski definition) is 1. The van der Waals surface area contributed by atoms with E-state index in [0.717, 1.165) is 0 Å². The van der Waals surface area contributed by atoms with Crippen molar-refractivity contribution in [3.8, 4) is 32.7 Å². The fraction of sp³-hybridized carbons (Fsp3) is 0.0435. The molecule has 0 spiro atoms. The Morgan fingerprint density at radius 3 is 1.42 bits per heavy atom. The molecule has 0 fully saturated rings. The standard InChI is InChI=1S/C23H18S/c1-17-21(18-11-5-2-6-12-18)22(19-13-7-3-8-14-19)23(24-17)20-15-9-4-10-16-20/h2-16H,1H3. The number of benzene rings is 3. The summed E-state index contributed by atoms with van der Waals surface area (Å²) >= 11 is 1.88. The molecule has 0 amide bonds. The van der Waals surface area contributed by atoms with E-state index < -0.39 is 0 Å². The first kappa shape index (κ1) is 14.9. The Bertz CT molecular complexity index is 936. The molecule has 1 heterocycles. The van der Waals surface area contributed by atoms with E-state index in [9.17, 15) is 0 Å². The molecule has 1 aromatic heterocycles. The van der Waals surface area contributed by atoms with E-state index in [0.29, 0.717) is 0 Å². The lowest BCUT2D eigenvalue weighted by atomic mass is 9.93. The van der Waals surface area contributed by atoms with Crippen LogP contribution >= 0.6 is 11.3 Å². The smallest absolute Gasteiger partial charge is 0.0430 e. The van der Waals surface area contributed by atoms with Crippen LogP contribution < -0.4 is 0 Å². The van der Waals surface area contributed by atoms with Crippen LogP contribution in [-0.2, 0) is 0 Å². The van der Waals surface area contributed by atoms with Gasteiger partial charge in [-0.15, -0.1) is 11.3 Å². The Balaban J connectivity index is 2.03. The summed E-state index contributed by atoms with van der Waals surface area (Å²) in [4.78, 5) is 2.71. The number of aryl methyl sites for hydroxylation is 1. The second kappa shape index (κ2) is 6.46. The van der Waals surface area contributed by atoms with Crippen molar-refractivity contribution in [3.63, 3.8) is 0 Å². The van der Waals surface area contributed by atoms with Gasteiger partial charge in [0.05, 0.1) is 0 Å². The molecule has 0 aliphatic carbocycles. The largest absolute Gasteiger partial charge is 0.139 e. The van der Waals surface area contributed by atoms with E-state index in [2.05, 4.69) is 97.9 Å². The lowest BCUT2D eigenvalue weighted by Gasteiger charge is -2.09. The maximum atomic E-state index is 2.23. The molecule has 0 bridgehead atoms. The highest BCUT2D eigenvalue weighted by Crippen LogP contribution is 2.47. The Morgan fingerprint density at radius 2 is 0.917 bits per heavy atom. The SMILES string of the molecule is Cc1sc(-c2ccccc2)c(-c2ccccc2)c1-c1ccccc1. The molecule has 0 N–H and O–H groups in total. The van der Waals surface area contributed by atoms with E-state index in [1.807, 2.05) is 11.3 Å². The Labute approximate surface area is 147 Å². The lowest BCUT2D eigenvalue weighted by molar-refractivity contribution is 1.56. The topological polar surface area (TPSA) is 0 Å².